The number of aromatic nitrogens is 3. The maximum atomic E-state index is 6.60. The van der Waals surface area contributed by atoms with Crippen molar-refractivity contribution in [1.82, 2.24) is 14.5 Å². The molecular weight excluding hydrogens is 894 g/mol. The van der Waals surface area contributed by atoms with E-state index in [1.807, 2.05) is 36.8 Å². The Kier molecular flexibility index (Phi) is 10.5. The molecule has 0 saturated carbocycles. The molecular formula is C51H46N5OPt-3. The van der Waals surface area contributed by atoms with Gasteiger partial charge in [0.05, 0.1) is 11.9 Å². The van der Waals surface area contributed by atoms with Crippen LogP contribution in [0.15, 0.2) is 134 Å². The van der Waals surface area contributed by atoms with Crippen LogP contribution >= 0.6 is 0 Å². The van der Waals surface area contributed by atoms with Gasteiger partial charge >= 0.3 is 0 Å². The molecule has 7 heteroatoms. The largest absolute Gasteiger partial charge is 0.509 e. The van der Waals surface area contributed by atoms with Gasteiger partial charge in [0, 0.05) is 61.8 Å². The monoisotopic (exact) mass is 939 g/mol. The second-order valence-electron chi connectivity index (χ2n) is 16.5. The van der Waals surface area contributed by atoms with Crippen LogP contribution in [0.4, 0.5) is 22.7 Å². The Labute approximate surface area is 356 Å². The second-order valence-corrected chi connectivity index (χ2v) is 16.5. The van der Waals surface area contributed by atoms with Gasteiger partial charge in [0.15, 0.2) is 0 Å². The van der Waals surface area contributed by atoms with Gasteiger partial charge in [-0.25, -0.2) is 4.98 Å². The summed E-state index contributed by atoms with van der Waals surface area (Å²) in [6, 6.07) is 47.5. The molecule has 0 spiro atoms. The second kappa shape index (κ2) is 15.6. The summed E-state index contributed by atoms with van der Waals surface area (Å²) < 4.78 is 8.79. The van der Waals surface area contributed by atoms with Crippen molar-refractivity contribution < 1.29 is 25.8 Å². The maximum absolute atomic E-state index is 6.60. The Balaban J connectivity index is 0.00000469. The van der Waals surface area contributed by atoms with Crippen molar-refractivity contribution in [3.8, 4) is 28.4 Å². The molecule has 0 aliphatic carbocycles. The molecule has 0 radical (unpaired) electrons. The van der Waals surface area contributed by atoms with Crippen LogP contribution in [0.25, 0.3) is 38.8 Å². The summed E-state index contributed by atoms with van der Waals surface area (Å²) >= 11 is 0. The third kappa shape index (κ3) is 7.09. The van der Waals surface area contributed by atoms with Gasteiger partial charge < -0.3 is 19.1 Å². The molecule has 6 nitrogen and oxygen atoms in total. The van der Waals surface area contributed by atoms with Crippen molar-refractivity contribution in [3.05, 3.63) is 169 Å². The zero-order valence-corrected chi connectivity index (χ0v) is 36.2. The summed E-state index contributed by atoms with van der Waals surface area (Å²) in [6.45, 7) is 17.9. The molecule has 0 amide bonds. The van der Waals surface area contributed by atoms with Crippen LogP contribution in [-0.4, -0.2) is 14.5 Å². The number of ether oxygens (including phenoxy) is 1. The van der Waals surface area contributed by atoms with E-state index in [4.69, 9.17) is 9.72 Å². The van der Waals surface area contributed by atoms with Crippen LogP contribution in [0, 0.1) is 18.8 Å². The standard InChI is InChI=1S/C51H46N5O.Pt/c1-33(2)43-26-36(35-14-9-8-10-15-35)27-44(34(3)4)50(43)55-32-54(46-23-24-52-31-48(46)55)38-16-13-17-39(29-38)57-40-20-21-42-41-18-11-12-19-45(41)56(47(42)30-40)49-28-37(22-25-53-49)51(5,6)7;/h8-28,31-34H,1-7H3;/q-3;. The van der Waals surface area contributed by atoms with E-state index in [2.05, 4.69) is 184 Å². The Morgan fingerprint density at radius 2 is 1.38 bits per heavy atom. The molecule has 4 heterocycles. The number of rotatable bonds is 8. The minimum atomic E-state index is -0.0173. The predicted octanol–water partition coefficient (Wildman–Crippen LogP) is 13.6. The molecule has 58 heavy (non-hydrogen) atoms. The van der Waals surface area contributed by atoms with Crippen molar-refractivity contribution in [2.75, 3.05) is 9.80 Å². The SMILES string of the molecule is CC(C)c1cc(-c2ccccc2)cc(C(C)C)c1N1[CH-]N(c2[c-]c(Oc3[c-]c4c(cc3)c3ccccc3n4-c3cc(C(C)(C)C)ccn3)ccc2)c2ccncc21.[Pt]. The molecule has 0 atom stereocenters. The van der Waals surface area contributed by atoms with E-state index < -0.39 is 0 Å². The van der Waals surface area contributed by atoms with E-state index in [0.717, 1.165) is 44.7 Å². The first-order valence-corrected chi connectivity index (χ1v) is 19.8. The quantitative estimate of drug-likeness (QED) is 0.142. The number of benzene rings is 5. The molecule has 1 aliphatic rings. The van der Waals surface area contributed by atoms with Crippen molar-refractivity contribution >= 4 is 44.6 Å². The van der Waals surface area contributed by atoms with Crippen LogP contribution < -0.4 is 14.5 Å². The maximum Gasteiger partial charge on any atom is 0.135 e. The van der Waals surface area contributed by atoms with Gasteiger partial charge in [-0.15, -0.1) is 48.1 Å². The van der Waals surface area contributed by atoms with Gasteiger partial charge in [-0.2, -0.15) is 12.1 Å². The first kappa shape index (κ1) is 39.1. The number of anilines is 4. The summed E-state index contributed by atoms with van der Waals surface area (Å²) in [4.78, 5) is 13.9. The molecule has 8 aromatic rings. The summed E-state index contributed by atoms with van der Waals surface area (Å²) in [5.74, 6) is 2.63. The minimum Gasteiger partial charge on any atom is -0.509 e. The molecule has 0 N–H and O–H groups in total. The van der Waals surface area contributed by atoms with Crippen LogP contribution in [0.1, 0.15) is 77.0 Å². The van der Waals surface area contributed by atoms with Gasteiger partial charge in [-0.05, 0) is 86.9 Å². The third-order valence-corrected chi connectivity index (χ3v) is 10.9. The van der Waals surface area contributed by atoms with Gasteiger partial charge in [0.2, 0.25) is 0 Å². The molecule has 1 aliphatic heterocycles. The van der Waals surface area contributed by atoms with E-state index in [0.29, 0.717) is 11.5 Å². The number of hydrogen-bond acceptors (Lipinski definition) is 5. The van der Waals surface area contributed by atoms with E-state index in [1.165, 1.54) is 33.5 Å². The van der Waals surface area contributed by atoms with Crippen molar-refractivity contribution in [3.63, 3.8) is 0 Å². The predicted molar refractivity (Wildman–Crippen MR) is 234 cm³/mol. The number of fused-ring (bicyclic) bond motifs is 4. The normalized spacial score (nSPS) is 12.8. The third-order valence-electron chi connectivity index (χ3n) is 10.9. The Bertz CT molecular complexity index is 2740. The molecule has 294 valence electrons. The minimum absolute atomic E-state index is 0. The smallest absolute Gasteiger partial charge is 0.135 e. The molecule has 3 aromatic heterocycles. The first-order chi connectivity index (χ1) is 27.5. The van der Waals surface area contributed by atoms with Crippen LogP contribution in [0.3, 0.4) is 0 Å². The van der Waals surface area contributed by atoms with Crippen molar-refractivity contribution in [2.24, 2.45) is 0 Å². The Morgan fingerprint density at radius 1 is 0.655 bits per heavy atom. The van der Waals surface area contributed by atoms with Crippen molar-refractivity contribution in [2.45, 2.75) is 65.7 Å². The fourth-order valence-corrected chi connectivity index (χ4v) is 7.95. The van der Waals surface area contributed by atoms with E-state index >= 15 is 0 Å². The molecule has 5 aromatic carbocycles. The Morgan fingerprint density at radius 3 is 2.12 bits per heavy atom. The molecule has 0 bridgehead atoms. The van der Waals surface area contributed by atoms with Gasteiger partial charge in [0.1, 0.15) is 5.82 Å². The summed E-state index contributed by atoms with van der Waals surface area (Å²) in [5.41, 5.74) is 12.3. The number of pyridine rings is 2. The van der Waals surface area contributed by atoms with Crippen LogP contribution in [-0.2, 0) is 26.5 Å². The number of hydrogen-bond donors (Lipinski definition) is 0. The molecule has 0 unspecified atom stereocenters. The van der Waals surface area contributed by atoms with Crippen LogP contribution in [0.5, 0.6) is 11.5 Å². The van der Waals surface area contributed by atoms with Crippen molar-refractivity contribution in [1.29, 1.82) is 0 Å². The summed E-state index contributed by atoms with van der Waals surface area (Å²) in [6.07, 6.45) is 5.71. The van der Waals surface area contributed by atoms with E-state index in [-0.39, 0.29) is 38.3 Å². The topological polar surface area (TPSA) is 46.4 Å². The number of para-hydroxylation sites is 1. The van der Waals surface area contributed by atoms with E-state index in [1.54, 1.807) is 0 Å². The van der Waals surface area contributed by atoms with Gasteiger partial charge in [-0.3, -0.25) is 4.98 Å². The van der Waals surface area contributed by atoms with E-state index in [9.17, 15) is 0 Å². The summed E-state index contributed by atoms with van der Waals surface area (Å²) in [7, 11) is 0. The van der Waals surface area contributed by atoms with Gasteiger partial charge in [-0.1, -0.05) is 103 Å². The summed E-state index contributed by atoms with van der Waals surface area (Å²) in [5, 5.41) is 2.24. The van der Waals surface area contributed by atoms with Crippen LogP contribution in [0.2, 0.25) is 0 Å². The first-order valence-electron chi connectivity index (χ1n) is 19.8. The molecule has 0 saturated heterocycles. The average Bonchev–Trinajstić information content (AvgIpc) is 3.76. The van der Waals surface area contributed by atoms with Gasteiger partial charge in [0.25, 0.3) is 0 Å². The fraction of sp³-hybridized carbons (Fsp3) is 0.196. The Hall–Kier alpha value is -5.71. The zero-order chi connectivity index (χ0) is 39.4. The average molecular weight is 940 g/mol. The fourth-order valence-electron chi connectivity index (χ4n) is 7.95. The molecule has 9 rings (SSSR count). The molecule has 0 fully saturated rings. The zero-order valence-electron chi connectivity index (χ0n) is 33.9. The number of nitrogens with zero attached hydrogens (tertiary/aromatic N) is 5.